The van der Waals surface area contributed by atoms with Gasteiger partial charge in [-0.25, -0.2) is 9.67 Å². The molecule has 3 aromatic heterocycles. The first kappa shape index (κ1) is 17.4. The zero-order valence-electron chi connectivity index (χ0n) is 16.2. The number of benzene rings is 1. The molecular weight excluding hydrogens is 362 g/mol. The van der Waals surface area contributed by atoms with E-state index in [-0.39, 0.29) is 5.91 Å². The second-order valence-electron chi connectivity index (χ2n) is 7.22. The molecule has 29 heavy (non-hydrogen) atoms. The van der Waals surface area contributed by atoms with E-state index in [9.17, 15) is 4.79 Å². The lowest BCUT2D eigenvalue weighted by Crippen LogP contribution is -2.34. The van der Waals surface area contributed by atoms with Crippen LogP contribution in [-0.4, -0.2) is 43.6 Å². The molecule has 0 radical (unpaired) electrons. The Kier molecular flexibility index (Phi) is 4.24. The monoisotopic (exact) mass is 383 g/mol. The smallest absolute Gasteiger partial charge is 0.257 e. The Hall–Kier alpha value is -3.67. The molecule has 1 N–H and O–H groups in total. The number of aromatic amines is 1. The molecule has 0 bridgehead atoms. The van der Waals surface area contributed by atoms with Gasteiger partial charge in [-0.3, -0.25) is 4.79 Å². The third kappa shape index (κ3) is 3.02. The van der Waals surface area contributed by atoms with Crippen LogP contribution in [0.1, 0.15) is 28.0 Å². The minimum absolute atomic E-state index is 0.0283. The maximum atomic E-state index is 13.1. The summed E-state index contributed by atoms with van der Waals surface area (Å²) < 4.78 is 1.82. The highest BCUT2D eigenvalue weighted by Crippen LogP contribution is 2.29. The number of nitrogens with zero attached hydrogens (tertiary/aromatic N) is 4. The average Bonchev–Trinajstić information content (AvgIpc) is 3.38. The van der Waals surface area contributed by atoms with Gasteiger partial charge >= 0.3 is 0 Å². The first-order valence-electron chi connectivity index (χ1n) is 9.73. The lowest BCUT2D eigenvalue weighted by molar-refractivity contribution is 0.0772. The van der Waals surface area contributed by atoms with Crippen LogP contribution in [0, 0.1) is 6.92 Å². The Labute approximate surface area is 168 Å². The second-order valence-corrected chi connectivity index (χ2v) is 7.22. The number of hydrogen-bond donors (Lipinski definition) is 1. The minimum atomic E-state index is 0.0283. The van der Waals surface area contributed by atoms with Gasteiger partial charge in [-0.05, 0) is 43.2 Å². The van der Waals surface area contributed by atoms with Crippen LogP contribution in [0.4, 0.5) is 0 Å². The van der Waals surface area contributed by atoms with Gasteiger partial charge < -0.3 is 9.88 Å². The topological polar surface area (TPSA) is 66.8 Å². The van der Waals surface area contributed by atoms with Gasteiger partial charge in [-0.15, -0.1) is 0 Å². The number of pyridine rings is 1. The van der Waals surface area contributed by atoms with Crippen LogP contribution in [0.15, 0.2) is 67.1 Å². The van der Waals surface area contributed by atoms with Crippen molar-refractivity contribution in [3.8, 4) is 5.69 Å². The number of amides is 1. The predicted octanol–water partition coefficient (Wildman–Crippen LogP) is 3.99. The molecule has 0 fully saturated rings. The summed E-state index contributed by atoms with van der Waals surface area (Å²) in [6.07, 6.45) is 8.44. The number of rotatable bonds is 3. The molecule has 6 heteroatoms. The van der Waals surface area contributed by atoms with Gasteiger partial charge in [0.1, 0.15) is 5.65 Å². The van der Waals surface area contributed by atoms with Crippen LogP contribution in [0.3, 0.4) is 0 Å². The SMILES string of the molecule is Cc1c(C(=O)N2CC=C(c3c[nH]c4ncccc34)CC2)cnn1-c1ccccc1. The third-order valence-electron chi connectivity index (χ3n) is 5.53. The van der Waals surface area contributed by atoms with Crippen molar-refractivity contribution >= 4 is 22.5 Å². The van der Waals surface area contributed by atoms with Gasteiger partial charge in [-0.2, -0.15) is 5.10 Å². The molecule has 1 aliphatic heterocycles. The fourth-order valence-corrected chi connectivity index (χ4v) is 3.94. The highest BCUT2D eigenvalue weighted by atomic mass is 16.2. The molecule has 0 unspecified atom stereocenters. The summed E-state index contributed by atoms with van der Waals surface area (Å²) in [5, 5.41) is 5.56. The van der Waals surface area contributed by atoms with Gasteiger partial charge in [-0.1, -0.05) is 24.3 Å². The third-order valence-corrected chi connectivity index (χ3v) is 5.53. The number of nitrogens with one attached hydrogen (secondary N) is 1. The highest BCUT2D eigenvalue weighted by Gasteiger charge is 2.24. The highest BCUT2D eigenvalue weighted by molar-refractivity contribution is 5.96. The molecule has 6 nitrogen and oxygen atoms in total. The van der Waals surface area contributed by atoms with Crippen molar-refractivity contribution in [1.29, 1.82) is 0 Å². The summed E-state index contributed by atoms with van der Waals surface area (Å²) in [4.78, 5) is 22.6. The van der Waals surface area contributed by atoms with Crippen molar-refractivity contribution in [3.63, 3.8) is 0 Å². The number of H-pyrrole nitrogens is 1. The van der Waals surface area contributed by atoms with Gasteiger partial charge in [0.25, 0.3) is 5.91 Å². The lowest BCUT2D eigenvalue weighted by Gasteiger charge is -2.26. The Balaban J connectivity index is 1.37. The predicted molar refractivity (Wildman–Crippen MR) is 113 cm³/mol. The first-order chi connectivity index (χ1) is 14.2. The number of fused-ring (bicyclic) bond motifs is 1. The van der Waals surface area contributed by atoms with E-state index in [1.165, 1.54) is 11.1 Å². The van der Waals surface area contributed by atoms with Crippen LogP contribution >= 0.6 is 0 Å². The van der Waals surface area contributed by atoms with E-state index in [1.54, 1.807) is 12.4 Å². The van der Waals surface area contributed by atoms with Crippen LogP contribution in [0.25, 0.3) is 22.3 Å². The van der Waals surface area contributed by atoms with Crippen molar-refractivity contribution in [2.75, 3.05) is 13.1 Å². The molecule has 1 aromatic carbocycles. The molecule has 5 rings (SSSR count). The van der Waals surface area contributed by atoms with E-state index in [0.717, 1.165) is 28.8 Å². The van der Waals surface area contributed by atoms with Crippen LogP contribution < -0.4 is 0 Å². The molecular formula is C23H21N5O. The van der Waals surface area contributed by atoms with E-state index < -0.39 is 0 Å². The fraction of sp³-hybridized carbons (Fsp3) is 0.174. The number of aromatic nitrogens is 4. The molecule has 0 saturated carbocycles. The number of hydrogen-bond acceptors (Lipinski definition) is 3. The van der Waals surface area contributed by atoms with E-state index in [0.29, 0.717) is 18.7 Å². The van der Waals surface area contributed by atoms with Gasteiger partial charge in [0.05, 0.1) is 23.1 Å². The van der Waals surface area contributed by atoms with Crippen molar-refractivity contribution in [2.24, 2.45) is 0 Å². The summed E-state index contributed by atoms with van der Waals surface area (Å²) in [5.74, 6) is 0.0283. The quantitative estimate of drug-likeness (QED) is 0.582. The van der Waals surface area contributed by atoms with Crippen molar-refractivity contribution < 1.29 is 4.79 Å². The molecule has 4 heterocycles. The zero-order valence-corrected chi connectivity index (χ0v) is 16.2. The summed E-state index contributed by atoms with van der Waals surface area (Å²) in [7, 11) is 0. The van der Waals surface area contributed by atoms with Gasteiger partial charge in [0.15, 0.2) is 0 Å². The van der Waals surface area contributed by atoms with E-state index in [4.69, 9.17) is 0 Å². The van der Waals surface area contributed by atoms with Crippen LogP contribution in [-0.2, 0) is 0 Å². The molecule has 4 aromatic rings. The maximum absolute atomic E-state index is 13.1. The summed E-state index contributed by atoms with van der Waals surface area (Å²) >= 11 is 0. The molecule has 1 aliphatic rings. The Morgan fingerprint density at radius 3 is 2.79 bits per heavy atom. The largest absolute Gasteiger partial charge is 0.346 e. The molecule has 0 saturated heterocycles. The number of carbonyl (C=O) groups excluding carboxylic acids is 1. The van der Waals surface area contributed by atoms with E-state index in [2.05, 4.69) is 27.2 Å². The Morgan fingerprint density at radius 1 is 1.14 bits per heavy atom. The van der Waals surface area contributed by atoms with Crippen LogP contribution in [0.5, 0.6) is 0 Å². The van der Waals surface area contributed by atoms with Crippen molar-refractivity contribution in [3.05, 3.63) is 84.0 Å². The molecule has 144 valence electrons. The second kappa shape index (κ2) is 7.05. The minimum Gasteiger partial charge on any atom is -0.346 e. The van der Waals surface area contributed by atoms with E-state index >= 15 is 0 Å². The molecule has 1 amide bonds. The van der Waals surface area contributed by atoms with Gasteiger partial charge in [0, 0.05) is 36.4 Å². The number of para-hydroxylation sites is 1. The molecule has 0 spiro atoms. The lowest BCUT2D eigenvalue weighted by atomic mass is 9.99. The summed E-state index contributed by atoms with van der Waals surface area (Å²) in [5.41, 5.74) is 5.79. The van der Waals surface area contributed by atoms with Crippen molar-refractivity contribution in [2.45, 2.75) is 13.3 Å². The summed E-state index contributed by atoms with van der Waals surface area (Å²) in [6, 6.07) is 13.9. The summed E-state index contributed by atoms with van der Waals surface area (Å²) in [6.45, 7) is 3.22. The van der Waals surface area contributed by atoms with Crippen molar-refractivity contribution in [1.82, 2.24) is 24.6 Å². The normalized spacial score (nSPS) is 14.2. The molecule has 0 aliphatic carbocycles. The molecule has 0 atom stereocenters. The maximum Gasteiger partial charge on any atom is 0.257 e. The Bertz CT molecular complexity index is 1220. The average molecular weight is 383 g/mol. The zero-order chi connectivity index (χ0) is 19.8. The Morgan fingerprint density at radius 2 is 2.00 bits per heavy atom. The standard InChI is InChI=1S/C23H21N5O/c1-16-20(15-26-28(16)18-6-3-2-4-7-18)23(29)27-12-9-17(10-13-27)21-14-25-22-19(21)8-5-11-24-22/h2-9,11,14-15H,10,12-13H2,1H3,(H,24,25). The van der Waals surface area contributed by atoms with E-state index in [1.807, 2.05) is 59.1 Å². The first-order valence-corrected chi connectivity index (χ1v) is 9.73. The fourth-order valence-electron chi connectivity index (χ4n) is 3.94. The van der Waals surface area contributed by atoms with Crippen LogP contribution in [0.2, 0.25) is 0 Å². The van der Waals surface area contributed by atoms with Gasteiger partial charge in [0.2, 0.25) is 0 Å². The number of carbonyl (C=O) groups is 1.